The fourth-order valence-corrected chi connectivity index (χ4v) is 2.11. The molecule has 1 atom stereocenters. The summed E-state index contributed by atoms with van der Waals surface area (Å²) in [4.78, 5) is 10.1. The molecule has 0 saturated heterocycles. The first-order chi connectivity index (χ1) is 7.54. The maximum absolute atomic E-state index is 10.5. The van der Waals surface area contributed by atoms with Crippen molar-refractivity contribution in [2.45, 2.75) is 31.6 Å². The molecule has 1 aromatic carbocycles. The highest BCUT2D eigenvalue weighted by atomic mass is 35.5. The lowest BCUT2D eigenvalue weighted by atomic mass is 10.1. The van der Waals surface area contributed by atoms with Crippen molar-refractivity contribution in [3.8, 4) is 0 Å². The number of nitro benzene ring substituents is 1. The average Bonchev–Trinajstić information content (AvgIpc) is 2.21. The van der Waals surface area contributed by atoms with E-state index >= 15 is 0 Å². The van der Waals surface area contributed by atoms with Gasteiger partial charge in [0, 0.05) is 17.5 Å². The predicted molar refractivity (Wildman–Crippen MR) is 66.4 cm³/mol. The molecule has 0 bridgehead atoms. The second-order valence-electron chi connectivity index (χ2n) is 3.62. The van der Waals surface area contributed by atoms with Crippen LogP contribution < -0.4 is 0 Å². The molecule has 16 heavy (non-hydrogen) atoms. The number of rotatable bonds is 5. The Morgan fingerprint density at radius 1 is 1.50 bits per heavy atom. The molecule has 0 saturated carbocycles. The average molecular weight is 262 g/mol. The van der Waals surface area contributed by atoms with Crippen LogP contribution in [0.2, 0.25) is 5.02 Å². The Hall–Kier alpha value is -0.800. The fourth-order valence-electron chi connectivity index (χ4n) is 1.47. The van der Waals surface area contributed by atoms with E-state index in [0.717, 1.165) is 18.4 Å². The molecule has 0 aliphatic rings. The number of benzene rings is 1. The van der Waals surface area contributed by atoms with Crippen molar-refractivity contribution in [2.24, 2.45) is 0 Å². The highest BCUT2D eigenvalue weighted by molar-refractivity contribution is 6.31. The van der Waals surface area contributed by atoms with E-state index in [-0.39, 0.29) is 11.1 Å². The molecule has 1 aromatic rings. The van der Waals surface area contributed by atoms with Gasteiger partial charge >= 0.3 is 0 Å². The van der Waals surface area contributed by atoms with E-state index in [0.29, 0.717) is 11.4 Å². The van der Waals surface area contributed by atoms with Gasteiger partial charge < -0.3 is 0 Å². The zero-order valence-corrected chi connectivity index (χ0v) is 10.5. The van der Waals surface area contributed by atoms with E-state index in [2.05, 4.69) is 6.92 Å². The molecule has 0 spiro atoms. The second kappa shape index (κ2) is 6.06. The van der Waals surface area contributed by atoms with Crippen molar-refractivity contribution in [2.75, 3.05) is 0 Å². The summed E-state index contributed by atoms with van der Waals surface area (Å²) in [5.41, 5.74) is 0.871. The van der Waals surface area contributed by atoms with Crippen molar-refractivity contribution in [1.29, 1.82) is 0 Å². The van der Waals surface area contributed by atoms with Gasteiger partial charge in [0.15, 0.2) is 0 Å². The van der Waals surface area contributed by atoms with Gasteiger partial charge in [0.2, 0.25) is 0 Å². The largest absolute Gasteiger partial charge is 0.270 e. The number of alkyl halides is 1. The predicted octanol–water partition coefficient (Wildman–Crippen LogP) is 4.20. The molecule has 5 heteroatoms. The van der Waals surface area contributed by atoms with Crippen molar-refractivity contribution in [3.05, 3.63) is 38.9 Å². The molecule has 0 heterocycles. The molecule has 88 valence electrons. The van der Waals surface area contributed by atoms with Gasteiger partial charge in [0.1, 0.15) is 0 Å². The maximum Gasteiger partial charge on any atom is 0.270 e. The molecule has 0 aliphatic heterocycles. The molecule has 0 aromatic heterocycles. The van der Waals surface area contributed by atoms with Gasteiger partial charge in [-0.1, -0.05) is 31.0 Å². The van der Waals surface area contributed by atoms with Gasteiger partial charge in [0.05, 0.1) is 9.95 Å². The first-order valence-corrected chi connectivity index (χ1v) is 5.93. The minimum absolute atomic E-state index is 0.00960. The molecule has 1 unspecified atom stereocenters. The van der Waals surface area contributed by atoms with E-state index in [9.17, 15) is 10.1 Å². The minimum atomic E-state index is -0.458. The van der Waals surface area contributed by atoms with E-state index in [4.69, 9.17) is 23.2 Å². The lowest BCUT2D eigenvalue weighted by Gasteiger charge is -2.09. The van der Waals surface area contributed by atoms with Gasteiger partial charge in [-0.25, -0.2) is 0 Å². The number of hydrogen-bond acceptors (Lipinski definition) is 2. The van der Waals surface area contributed by atoms with Gasteiger partial charge in [0.25, 0.3) is 5.69 Å². The Kier molecular flexibility index (Phi) is 5.03. The molecule has 1 rings (SSSR count). The molecule has 0 aliphatic carbocycles. The number of halogens is 2. The Morgan fingerprint density at radius 2 is 2.19 bits per heavy atom. The van der Waals surface area contributed by atoms with Crippen molar-refractivity contribution in [1.82, 2.24) is 0 Å². The van der Waals surface area contributed by atoms with Crippen LogP contribution in [0.25, 0.3) is 0 Å². The molecule has 0 fully saturated rings. The molecule has 0 amide bonds. The van der Waals surface area contributed by atoms with Crippen LogP contribution in [0.5, 0.6) is 0 Å². The van der Waals surface area contributed by atoms with Gasteiger partial charge in [-0.3, -0.25) is 10.1 Å². The van der Waals surface area contributed by atoms with Crippen LogP contribution in [0.15, 0.2) is 18.2 Å². The topological polar surface area (TPSA) is 43.1 Å². The van der Waals surface area contributed by atoms with Crippen LogP contribution in [-0.4, -0.2) is 10.3 Å². The summed E-state index contributed by atoms with van der Waals surface area (Å²) in [6.45, 7) is 2.06. The summed E-state index contributed by atoms with van der Waals surface area (Å²) in [7, 11) is 0. The summed E-state index contributed by atoms with van der Waals surface area (Å²) >= 11 is 12.1. The quantitative estimate of drug-likeness (QED) is 0.453. The lowest BCUT2D eigenvalue weighted by Crippen LogP contribution is -2.03. The normalized spacial score (nSPS) is 12.4. The zero-order chi connectivity index (χ0) is 12.1. The second-order valence-corrected chi connectivity index (χ2v) is 4.65. The smallest absolute Gasteiger partial charge is 0.258 e. The van der Waals surface area contributed by atoms with E-state index in [1.54, 1.807) is 6.07 Å². The van der Waals surface area contributed by atoms with Gasteiger partial charge in [-0.05, 0) is 18.4 Å². The van der Waals surface area contributed by atoms with Crippen LogP contribution in [0, 0.1) is 10.1 Å². The van der Waals surface area contributed by atoms with Crippen molar-refractivity contribution < 1.29 is 4.92 Å². The van der Waals surface area contributed by atoms with E-state index in [1.807, 2.05) is 0 Å². The monoisotopic (exact) mass is 261 g/mol. The van der Waals surface area contributed by atoms with Crippen LogP contribution in [0.1, 0.15) is 25.3 Å². The van der Waals surface area contributed by atoms with Gasteiger partial charge in [-0.2, -0.15) is 0 Å². The number of nitrogens with zero attached hydrogens (tertiary/aromatic N) is 1. The Labute approximate surface area is 105 Å². The van der Waals surface area contributed by atoms with Gasteiger partial charge in [-0.15, -0.1) is 11.6 Å². The molecule has 3 nitrogen and oxygen atoms in total. The Bertz CT molecular complexity index is 382. The molecule has 0 radical (unpaired) electrons. The number of non-ortho nitro benzene ring substituents is 1. The Morgan fingerprint density at radius 3 is 2.69 bits per heavy atom. The summed E-state index contributed by atoms with van der Waals surface area (Å²) in [6.07, 6.45) is 2.57. The standard InChI is InChI=1S/C11H13Cl2NO2/c1-2-3-9(12)6-8-4-5-10(14(15)16)7-11(8)13/h4-5,7,9H,2-3,6H2,1H3. The summed E-state index contributed by atoms with van der Waals surface area (Å²) < 4.78 is 0. The molecular weight excluding hydrogens is 249 g/mol. The van der Waals surface area contributed by atoms with Crippen molar-refractivity contribution in [3.63, 3.8) is 0 Å². The molecule has 0 N–H and O–H groups in total. The first kappa shape index (κ1) is 13.3. The SMILES string of the molecule is CCCC(Cl)Cc1ccc([N+](=O)[O-])cc1Cl. The number of hydrogen-bond donors (Lipinski definition) is 0. The third-order valence-corrected chi connectivity index (χ3v) is 3.02. The number of nitro groups is 1. The van der Waals surface area contributed by atoms with E-state index < -0.39 is 4.92 Å². The minimum Gasteiger partial charge on any atom is -0.258 e. The van der Waals surface area contributed by atoms with E-state index in [1.165, 1.54) is 12.1 Å². The van der Waals surface area contributed by atoms with Crippen LogP contribution in [0.3, 0.4) is 0 Å². The highest BCUT2D eigenvalue weighted by Gasteiger charge is 2.12. The maximum atomic E-state index is 10.5. The third kappa shape index (κ3) is 3.65. The third-order valence-electron chi connectivity index (χ3n) is 2.29. The first-order valence-electron chi connectivity index (χ1n) is 5.11. The van der Waals surface area contributed by atoms with Crippen molar-refractivity contribution >= 4 is 28.9 Å². The van der Waals surface area contributed by atoms with Crippen LogP contribution in [-0.2, 0) is 6.42 Å². The fraction of sp³-hybridized carbons (Fsp3) is 0.455. The summed E-state index contributed by atoms with van der Waals surface area (Å²) in [6, 6.07) is 4.49. The lowest BCUT2D eigenvalue weighted by molar-refractivity contribution is -0.384. The summed E-state index contributed by atoms with van der Waals surface area (Å²) in [5, 5.41) is 11.0. The Balaban J connectivity index is 2.79. The zero-order valence-electron chi connectivity index (χ0n) is 8.95. The van der Waals surface area contributed by atoms with Crippen LogP contribution in [0.4, 0.5) is 5.69 Å². The van der Waals surface area contributed by atoms with Crippen LogP contribution >= 0.6 is 23.2 Å². The summed E-state index contributed by atoms with van der Waals surface area (Å²) in [5.74, 6) is 0. The highest BCUT2D eigenvalue weighted by Crippen LogP contribution is 2.25. The molecular formula is C11H13Cl2NO2.